The van der Waals surface area contributed by atoms with Crippen LogP contribution in [0, 0.1) is 0 Å². The summed E-state index contributed by atoms with van der Waals surface area (Å²) in [6, 6.07) is 0.285. The van der Waals surface area contributed by atoms with Crippen LogP contribution in [0.15, 0.2) is 11.6 Å². The number of hydrazine groups is 1. The molecule has 1 aliphatic carbocycles. The third-order valence-corrected chi connectivity index (χ3v) is 3.44. The fourth-order valence-electron chi connectivity index (χ4n) is 2.29. The number of methoxy groups -OCH3 is 1. The molecule has 0 aromatic rings. The van der Waals surface area contributed by atoms with E-state index in [2.05, 4.69) is 18.4 Å². The van der Waals surface area contributed by atoms with E-state index >= 15 is 0 Å². The summed E-state index contributed by atoms with van der Waals surface area (Å²) in [4.78, 5) is 0. The number of ether oxygens (including phenoxy) is 1. The minimum absolute atomic E-state index is 0.257. The first-order chi connectivity index (χ1) is 7.77. The van der Waals surface area contributed by atoms with Crippen LogP contribution in [-0.4, -0.2) is 19.3 Å². The largest absolute Gasteiger partial charge is 0.382 e. The molecule has 2 atom stereocenters. The average molecular weight is 226 g/mol. The highest BCUT2D eigenvalue weighted by Crippen LogP contribution is 2.21. The lowest BCUT2D eigenvalue weighted by molar-refractivity contribution is 0.103. The molecule has 2 unspecified atom stereocenters. The Morgan fingerprint density at radius 2 is 2.12 bits per heavy atom. The summed E-state index contributed by atoms with van der Waals surface area (Å²) in [5.41, 5.74) is 4.41. The Hall–Kier alpha value is -0.380. The van der Waals surface area contributed by atoms with Crippen molar-refractivity contribution in [2.45, 2.75) is 64.0 Å². The predicted octanol–water partition coefficient (Wildman–Crippen LogP) is 2.52. The van der Waals surface area contributed by atoms with Crippen molar-refractivity contribution in [3.05, 3.63) is 11.6 Å². The Morgan fingerprint density at radius 1 is 1.38 bits per heavy atom. The van der Waals surface area contributed by atoms with E-state index in [-0.39, 0.29) is 12.1 Å². The molecule has 0 aromatic heterocycles. The van der Waals surface area contributed by atoms with Gasteiger partial charge in [-0.3, -0.25) is 11.3 Å². The van der Waals surface area contributed by atoms with Crippen molar-refractivity contribution in [2.75, 3.05) is 7.11 Å². The molecule has 16 heavy (non-hydrogen) atoms. The minimum atomic E-state index is 0.257. The van der Waals surface area contributed by atoms with E-state index in [4.69, 9.17) is 10.6 Å². The van der Waals surface area contributed by atoms with E-state index in [9.17, 15) is 0 Å². The first-order valence-corrected chi connectivity index (χ1v) is 6.45. The van der Waals surface area contributed by atoms with Crippen LogP contribution >= 0.6 is 0 Å². The van der Waals surface area contributed by atoms with Crippen LogP contribution in [0.2, 0.25) is 0 Å². The zero-order chi connectivity index (χ0) is 11.8. The van der Waals surface area contributed by atoms with Gasteiger partial charge in [0, 0.05) is 13.2 Å². The fraction of sp³-hybridized carbons (Fsp3) is 0.846. The van der Waals surface area contributed by atoms with E-state index in [1.807, 2.05) is 0 Å². The standard InChI is InChI=1S/C13H26N2O/c1-11(16-2)10-13(15-14)12-8-6-4-3-5-7-9-12/h8,11,13,15H,3-7,9-10,14H2,1-2H3. The van der Waals surface area contributed by atoms with Crippen molar-refractivity contribution in [1.82, 2.24) is 5.43 Å². The summed E-state index contributed by atoms with van der Waals surface area (Å²) in [5.74, 6) is 5.65. The number of hydrogen-bond acceptors (Lipinski definition) is 3. The SMILES string of the molecule is COC(C)CC(NN)C1=CCCCCCC1. The normalized spacial score (nSPS) is 21.8. The van der Waals surface area contributed by atoms with Crippen molar-refractivity contribution in [3.8, 4) is 0 Å². The number of nitrogens with one attached hydrogen (secondary N) is 1. The van der Waals surface area contributed by atoms with Gasteiger partial charge in [0.2, 0.25) is 0 Å². The van der Waals surface area contributed by atoms with Gasteiger partial charge in [0.25, 0.3) is 0 Å². The van der Waals surface area contributed by atoms with Gasteiger partial charge in [-0.25, -0.2) is 0 Å². The topological polar surface area (TPSA) is 47.3 Å². The first kappa shape index (κ1) is 13.7. The zero-order valence-electron chi connectivity index (χ0n) is 10.7. The number of allylic oxidation sites excluding steroid dienone is 1. The Kier molecular flexibility index (Phi) is 6.69. The smallest absolute Gasteiger partial charge is 0.0561 e. The van der Waals surface area contributed by atoms with Crippen LogP contribution in [0.25, 0.3) is 0 Å². The lowest BCUT2D eigenvalue weighted by Gasteiger charge is -2.23. The molecule has 3 heteroatoms. The third kappa shape index (κ3) is 4.64. The van der Waals surface area contributed by atoms with Crippen molar-refractivity contribution in [2.24, 2.45) is 5.84 Å². The van der Waals surface area contributed by atoms with Gasteiger partial charge in [-0.15, -0.1) is 0 Å². The Balaban J connectivity index is 2.54. The van der Waals surface area contributed by atoms with E-state index in [0.717, 1.165) is 6.42 Å². The average Bonchev–Trinajstić information content (AvgIpc) is 2.26. The minimum Gasteiger partial charge on any atom is -0.382 e. The Labute approximate surface area is 99.4 Å². The summed E-state index contributed by atoms with van der Waals surface area (Å²) >= 11 is 0. The molecule has 0 aromatic carbocycles. The monoisotopic (exact) mass is 226 g/mol. The van der Waals surface area contributed by atoms with Gasteiger partial charge in [-0.2, -0.15) is 0 Å². The van der Waals surface area contributed by atoms with Crippen molar-refractivity contribution < 1.29 is 4.74 Å². The molecule has 94 valence electrons. The van der Waals surface area contributed by atoms with Gasteiger partial charge in [0.05, 0.1) is 6.10 Å². The van der Waals surface area contributed by atoms with Crippen LogP contribution in [0.5, 0.6) is 0 Å². The number of hydrogen-bond donors (Lipinski definition) is 2. The lowest BCUT2D eigenvalue weighted by Crippen LogP contribution is -2.39. The van der Waals surface area contributed by atoms with Crippen LogP contribution < -0.4 is 11.3 Å². The predicted molar refractivity (Wildman–Crippen MR) is 68.0 cm³/mol. The summed E-state index contributed by atoms with van der Waals surface area (Å²) in [7, 11) is 1.75. The fourth-order valence-corrected chi connectivity index (χ4v) is 2.29. The third-order valence-electron chi connectivity index (χ3n) is 3.44. The molecule has 0 saturated carbocycles. The summed E-state index contributed by atoms with van der Waals surface area (Å²) in [6.45, 7) is 2.09. The summed E-state index contributed by atoms with van der Waals surface area (Å²) in [5, 5.41) is 0. The molecule has 0 fully saturated rings. The molecule has 0 saturated heterocycles. The highest BCUT2D eigenvalue weighted by molar-refractivity contribution is 5.11. The van der Waals surface area contributed by atoms with Crippen LogP contribution in [-0.2, 0) is 4.74 Å². The number of nitrogens with two attached hydrogens (primary N) is 1. The van der Waals surface area contributed by atoms with Gasteiger partial charge in [-0.05, 0) is 39.0 Å². The second-order valence-electron chi connectivity index (χ2n) is 4.73. The maximum Gasteiger partial charge on any atom is 0.0561 e. The molecule has 0 radical (unpaired) electrons. The summed E-state index contributed by atoms with van der Waals surface area (Å²) < 4.78 is 5.31. The molecule has 3 N–H and O–H groups in total. The molecule has 0 aliphatic heterocycles. The van der Waals surface area contributed by atoms with Crippen molar-refractivity contribution in [3.63, 3.8) is 0 Å². The van der Waals surface area contributed by atoms with Crippen LogP contribution in [0.3, 0.4) is 0 Å². The van der Waals surface area contributed by atoms with Gasteiger partial charge in [0.15, 0.2) is 0 Å². The second-order valence-corrected chi connectivity index (χ2v) is 4.73. The Bertz CT molecular complexity index is 216. The molecule has 1 rings (SSSR count). The highest BCUT2D eigenvalue weighted by Gasteiger charge is 2.16. The van der Waals surface area contributed by atoms with Crippen LogP contribution in [0.1, 0.15) is 51.9 Å². The Morgan fingerprint density at radius 3 is 2.81 bits per heavy atom. The van der Waals surface area contributed by atoms with Crippen molar-refractivity contribution in [1.29, 1.82) is 0 Å². The first-order valence-electron chi connectivity index (χ1n) is 6.45. The molecule has 3 nitrogen and oxygen atoms in total. The quantitative estimate of drug-likeness (QED) is 0.430. The second kappa shape index (κ2) is 7.82. The highest BCUT2D eigenvalue weighted by atomic mass is 16.5. The summed E-state index contributed by atoms with van der Waals surface area (Å²) in [6.07, 6.45) is 11.3. The molecule has 1 aliphatic rings. The maximum atomic E-state index is 5.65. The van der Waals surface area contributed by atoms with E-state index in [0.29, 0.717) is 0 Å². The molecule has 0 bridgehead atoms. The van der Waals surface area contributed by atoms with Gasteiger partial charge < -0.3 is 4.74 Å². The lowest BCUT2D eigenvalue weighted by atomic mass is 9.92. The maximum absolute atomic E-state index is 5.65. The molecular formula is C13H26N2O. The van der Waals surface area contributed by atoms with Gasteiger partial charge in [-0.1, -0.05) is 24.5 Å². The van der Waals surface area contributed by atoms with Crippen LogP contribution in [0.4, 0.5) is 0 Å². The van der Waals surface area contributed by atoms with Crippen molar-refractivity contribution >= 4 is 0 Å². The molecule has 0 heterocycles. The number of rotatable bonds is 5. The van der Waals surface area contributed by atoms with E-state index in [1.54, 1.807) is 7.11 Å². The molecular weight excluding hydrogens is 200 g/mol. The van der Waals surface area contributed by atoms with E-state index in [1.165, 1.54) is 44.1 Å². The van der Waals surface area contributed by atoms with E-state index < -0.39 is 0 Å². The molecule has 0 amide bonds. The van der Waals surface area contributed by atoms with Gasteiger partial charge in [0.1, 0.15) is 0 Å². The zero-order valence-corrected chi connectivity index (χ0v) is 10.7. The van der Waals surface area contributed by atoms with Gasteiger partial charge >= 0.3 is 0 Å². The molecule has 0 spiro atoms.